The lowest BCUT2D eigenvalue weighted by molar-refractivity contribution is 0.541. The fraction of sp³-hybridized carbons (Fsp3) is 0.222. The van der Waals surface area contributed by atoms with Crippen LogP contribution in [-0.4, -0.2) is 12.3 Å². The molecule has 4 N–H and O–H groups in total. The molecule has 0 bridgehead atoms. The van der Waals surface area contributed by atoms with E-state index in [-0.39, 0.29) is 0 Å². The van der Waals surface area contributed by atoms with E-state index in [4.69, 9.17) is 11.5 Å². The summed E-state index contributed by atoms with van der Waals surface area (Å²) in [7, 11) is 0. The van der Waals surface area contributed by atoms with Gasteiger partial charge in [-0.3, -0.25) is 4.79 Å². The van der Waals surface area contributed by atoms with E-state index in [2.05, 4.69) is 0 Å². The molecule has 0 spiro atoms. The zero-order chi connectivity index (χ0) is 8.97. The van der Waals surface area contributed by atoms with Crippen LogP contribution < -0.4 is 11.5 Å². The maximum absolute atomic E-state index is 10.1. The summed E-state index contributed by atoms with van der Waals surface area (Å²) in [5, 5.41) is 0. The van der Waals surface area contributed by atoms with Gasteiger partial charge in [0.2, 0.25) is 6.29 Å². The first kappa shape index (κ1) is 8.74. The van der Waals surface area contributed by atoms with Gasteiger partial charge in [-0.2, -0.15) is 0 Å². The molecule has 0 unspecified atom stereocenters. The van der Waals surface area contributed by atoms with Crippen molar-refractivity contribution in [2.24, 2.45) is 5.73 Å². The van der Waals surface area contributed by atoms with Gasteiger partial charge in [0.05, 0.1) is 6.04 Å². The van der Waals surface area contributed by atoms with E-state index in [0.29, 0.717) is 12.1 Å². The zero-order valence-corrected chi connectivity index (χ0v) is 6.66. The maximum atomic E-state index is 10.1. The minimum Gasteiger partial charge on any atom is -0.399 e. The van der Waals surface area contributed by atoms with Gasteiger partial charge in [-0.25, -0.2) is 0 Å². The highest BCUT2D eigenvalue weighted by Gasteiger charge is 2.01. The Morgan fingerprint density at radius 3 is 2.42 bits per heavy atom. The topological polar surface area (TPSA) is 69.1 Å². The molecule has 1 atom stereocenters. The highest BCUT2D eigenvalue weighted by molar-refractivity contribution is 5.58. The van der Waals surface area contributed by atoms with Crippen molar-refractivity contribution in [3.63, 3.8) is 0 Å². The van der Waals surface area contributed by atoms with Crippen LogP contribution in [0.25, 0.3) is 0 Å². The number of benzene rings is 1. The molecule has 0 aliphatic heterocycles. The predicted molar refractivity (Wildman–Crippen MR) is 48.2 cm³/mol. The molecule has 3 heteroatoms. The van der Waals surface area contributed by atoms with E-state index in [0.717, 1.165) is 5.56 Å². The Balaban J connectivity index is 2.64. The molecule has 0 heterocycles. The molecule has 0 aliphatic carbocycles. The van der Waals surface area contributed by atoms with Gasteiger partial charge in [0.1, 0.15) is 0 Å². The summed E-state index contributed by atoms with van der Waals surface area (Å²) >= 11 is 0. The third-order valence-corrected chi connectivity index (χ3v) is 1.59. The van der Waals surface area contributed by atoms with Crippen LogP contribution in [0.3, 0.4) is 0 Å². The minimum absolute atomic E-state index is 0.518. The van der Waals surface area contributed by atoms with Gasteiger partial charge in [-0.05, 0) is 24.1 Å². The van der Waals surface area contributed by atoms with E-state index < -0.39 is 6.04 Å². The first-order chi connectivity index (χ1) is 5.72. The number of anilines is 1. The number of hydrogen-bond donors (Lipinski definition) is 2. The lowest BCUT2D eigenvalue weighted by Crippen LogP contribution is -2.23. The fourth-order valence-corrected chi connectivity index (χ4v) is 0.949. The second kappa shape index (κ2) is 3.88. The molecule has 0 saturated heterocycles. The first-order valence-electron chi connectivity index (χ1n) is 3.70. The summed E-state index contributed by atoms with van der Waals surface area (Å²) in [6.45, 7) is 0. The summed E-state index contributed by atoms with van der Waals surface area (Å²) in [5.74, 6) is 0. The van der Waals surface area contributed by atoms with Gasteiger partial charge in [0, 0.05) is 5.69 Å². The fourth-order valence-electron chi connectivity index (χ4n) is 0.949. The highest BCUT2D eigenvalue weighted by atomic mass is 16.1. The molecule has 1 radical (unpaired) electrons. The molecule has 63 valence electrons. The smallest absolute Gasteiger partial charge is 0.217 e. The summed E-state index contributed by atoms with van der Waals surface area (Å²) < 4.78 is 0. The molecule has 1 aromatic carbocycles. The van der Waals surface area contributed by atoms with Gasteiger partial charge in [0.25, 0.3) is 0 Å². The molecular formula is C9H11N2O. The third kappa shape index (κ3) is 2.36. The van der Waals surface area contributed by atoms with Crippen molar-refractivity contribution in [1.29, 1.82) is 0 Å². The van der Waals surface area contributed by atoms with Crippen molar-refractivity contribution in [3.8, 4) is 0 Å². The van der Waals surface area contributed by atoms with E-state index in [1.165, 1.54) is 0 Å². The zero-order valence-electron chi connectivity index (χ0n) is 6.66. The molecule has 12 heavy (non-hydrogen) atoms. The van der Waals surface area contributed by atoms with E-state index in [1.54, 1.807) is 18.4 Å². The monoisotopic (exact) mass is 163 g/mol. The summed E-state index contributed by atoms with van der Waals surface area (Å²) in [6, 6.07) is 6.74. The number of rotatable bonds is 3. The van der Waals surface area contributed by atoms with Crippen molar-refractivity contribution >= 4 is 12.0 Å². The van der Waals surface area contributed by atoms with Crippen LogP contribution in [-0.2, 0) is 11.2 Å². The Bertz CT molecular complexity index is 256. The van der Waals surface area contributed by atoms with Crippen LogP contribution >= 0.6 is 0 Å². The van der Waals surface area contributed by atoms with Crippen LogP contribution in [0.4, 0.5) is 5.69 Å². The second-order valence-electron chi connectivity index (χ2n) is 2.67. The van der Waals surface area contributed by atoms with E-state index >= 15 is 0 Å². The van der Waals surface area contributed by atoms with Gasteiger partial charge in [-0.1, -0.05) is 12.1 Å². The van der Waals surface area contributed by atoms with Crippen molar-refractivity contribution in [2.75, 3.05) is 5.73 Å². The Morgan fingerprint density at radius 2 is 1.92 bits per heavy atom. The Labute approximate surface area is 71.4 Å². The largest absolute Gasteiger partial charge is 0.399 e. The van der Waals surface area contributed by atoms with Crippen LogP contribution in [0.2, 0.25) is 0 Å². The molecule has 1 rings (SSSR count). The van der Waals surface area contributed by atoms with Crippen LogP contribution in [0.15, 0.2) is 24.3 Å². The van der Waals surface area contributed by atoms with Gasteiger partial charge >= 0.3 is 0 Å². The van der Waals surface area contributed by atoms with E-state index in [1.807, 2.05) is 12.1 Å². The third-order valence-electron chi connectivity index (χ3n) is 1.59. The number of nitrogen functional groups attached to an aromatic ring is 1. The maximum Gasteiger partial charge on any atom is 0.217 e. The Morgan fingerprint density at radius 1 is 1.33 bits per heavy atom. The molecular weight excluding hydrogens is 152 g/mol. The van der Waals surface area contributed by atoms with E-state index in [9.17, 15) is 4.79 Å². The first-order valence-corrected chi connectivity index (χ1v) is 3.70. The molecule has 0 aromatic heterocycles. The molecule has 0 aliphatic rings. The van der Waals surface area contributed by atoms with Crippen molar-refractivity contribution < 1.29 is 4.79 Å². The summed E-state index contributed by atoms with van der Waals surface area (Å²) in [6.07, 6.45) is 2.24. The van der Waals surface area contributed by atoms with Crippen LogP contribution in [0, 0.1) is 0 Å². The highest BCUT2D eigenvalue weighted by Crippen LogP contribution is 2.06. The van der Waals surface area contributed by atoms with Crippen molar-refractivity contribution in [1.82, 2.24) is 0 Å². The lowest BCUT2D eigenvalue weighted by Gasteiger charge is -2.02. The van der Waals surface area contributed by atoms with Gasteiger partial charge in [-0.15, -0.1) is 0 Å². The Hall–Kier alpha value is -1.35. The van der Waals surface area contributed by atoms with Crippen LogP contribution in [0.5, 0.6) is 0 Å². The van der Waals surface area contributed by atoms with Crippen molar-refractivity contribution in [2.45, 2.75) is 12.5 Å². The summed E-state index contributed by atoms with van der Waals surface area (Å²) in [4.78, 5) is 10.1. The minimum atomic E-state index is -0.534. The number of carbonyl (C=O) groups excluding carboxylic acids is 1. The molecule has 0 fully saturated rings. The average molecular weight is 163 g/mol. The van der Waals surface area contributed by atoms with Crippen molar-refractivity contribution in [3.05, 3.63) is 29.8 Å². The second-order valence-corrected chi connectivity index (χ2v) is 2.67. The molecule has 0 saturated carbocycles. The average Bonchev–Trinajstić information content (AvgIpc) is 2.09. The van der Waals surface area contributed by atoms with Gasteiger partial charge in [0.15, 0.2) is 0 Å². The molecule has 0 amide bonds. The SMILES string of the molecule is Nc1ccc(C[C@@H](N)[C]=O)cc1. The molecule has 3 nitrogen and oxygen atoms in total. The number of nitrogens with two attached hydrogens (primary N) is 2. The Kier molecular flexibility index (Phi) is 2.82. The quantitative estimate of drug-likeness (QED) is 0.627. The lowest BCUT2D eigenvalue weighted by atomic mass is 10.1. The van der Waals surface area contributed by atoms with Gasteiger partial charge < -0.3 is 11.5 Å². The summed E-state index contributed by atoms with van der Waals surface area (Å²) in [5.41, 5.74) is 12.6. The van der Waals surface area contributed by atoms with Crippen LogP contribution in [0.1, 0.15) is 5.56 Å². The molecule has 1 aromatic rings. The standard InChI is InChI=1S/C9H11N2O/c10-8-3-1-7(2-4-8)5-9(11)6-12/h1-4,9H,5,10-11H2/t9-/m1/s1. The normalized spacial score (nSPS) is 12.4. The predicted octanol–water partition coefficient (Wildman–Crippen LogP) is 0.248. The number of hydrogen-bond acceptors (Lipinski definition) is 3.